The van der Waals surface area contributed by atoms with Crippen LogP contribution in [0.5, 0.6) is 11.5 Å². The van der Waals surface area contributed by atoms with Gasteiger partial charge in [-0.05, 0) is 36.6 Å². The van der Waals surface area contributed by atoms with Gasteiger partial charge in [0.2, 0.25) is 5.91 Å². The largest absolute Gasteiger partial charge is 0.490 e. The Balaban J connectivity index is 1.25. The van der Waals surface area contributed by atoms with Crippen molar-refractivity contribution in [1.82, 2.24) is 4.90 Å². The molecule has 2 aliphatic rings. The second-order valence-electron chi connectivity index (χ2n) is 8.22. The van der Waals surface area contributed by atoms with Crippen molar-refractivity contribution < 1.29 is 22.7 Å². The number of para-hydroxylation sites is 2. The molecule has 0 bridgehead atoms. The number of carbonyl (C=O) groups is 1. The molecule has 1 saturated heterocycles. The van der Waals surface area contributed by atoms with E-state index in [0.29, 0.717) is 55.1 Å². The molecule has 1 fully saturated rings. The van der Waals surface area contributed by atoms with E-state index >= 15 is 0 Å². The van der Waals surface area contributed by atoms with Crippen LogP contribution in [0.1, 0.15) is 19.8 Å². The number of likely N-dealkylation sites (tertiary alicyclic amines) is 1. The number of carbonyl (C=O) groups excluding carboxylic acids is 1. The Bertz CT molecular complexity index is 1290. The van der Waals surface area contributed by atoms with Crippen molar-refractivity contribution in [3.63, 3.8) is 0 Å². The molecule has 3 aromatic rings. The zero-order chi connectivity index (χ0) is 23.0. The summed E-state index contributed by atoms with van der Waals surface area (Å²) in [5.74, 6) is 1.22. The van der Waals surface area contributed by atoms with Crippen LogP contribution < -0.4 is 13.8 Å². The van der Waals surface area contributed by atoms with Gasteiger partial charge < -0.3 is 14.4 Å². The third-order valence-corrected chi connectivity index (χ3v) is 8.00. The molecule has 0 saturated carbocycles. The lowest BCUT2D eigenvalue weighted by atomic mass is 10.1. The summed E-state index contributed by atoms with van der Waals surface area (Å²) >= 11 is 0. The van der Waals surface area contributed by atoms with Crippen molar-refractivity contribution in [2.24, 2.45) is 0 Å². The molecule has 5 rings (SSSR count). The molecule has 172 valence electrons. The molecule has 3 aromatic carbocycles. The summed E-state index contributed by atoms with van der Waals surface area (Å²) in [6.45, 7) is 3.33. The molecular weight excluding hydrogens is 440 g/mol. The van der Waals surface area contributed by atoms with Gasteiger partial charge in [-0.15, -0.1) is 0 Å². The highest BCUT2D eigenvalue weighted by molar-refractivity contribution is 7.93. The van der Waals surface area contributed by atoms with E-state index in [0.717, 1.165) is 5.39 Å². The summed E-state index contributed by atoms with van der Waals surface area (Å²) in [6, 6.07) is 18.3. The van der Waals surface area contributed by atoms with Gasteiger partial charge in [0, 0.05) is 31.3 Å². The van der Waals surface area contributed by atoms with Crippen LogP contribution in [-0.4, -0.2) is 51.6 Å². The summed E-state index contributed by atoms with van der Waals surface area (Å²) in [5, 5.41) is 1.54. The van der Waals surface area contributed by atoms with Gasteiger partial charge in [-0.25, -0.2) is 8.42 Å². The van der Waals surface area contributed by atoms with Gasteiger partial charge in [0.1, 0.15) is 12.6 Å². The predicted octanol–water partition coefficient (Wildman–Crippen LogP) is 3.82. The van der Waals surface area contributed by atoms with Crippen molar-refractivity contribution in [1.29, 1.82) is 0 Å². The lowest BCUT2D eigenvalue weighted by molar-refractivity contribution is -0.131. The molecule has 0 unspecified atom stereocenters. The summed E-state index contributed by atoms with van der Waals surface area (Å²) in [7, 11) is -3.75. The Hall–Kier alpha value is -3.26. The highest BCUT2D eigenvalue weighted by Gasteiger charge is 2.38. The average molecular weight is 467 g/mol. The molecular formula is C25H26N2O5S. The highest BCUT2D eigenvalue weighted by Crippen LogP contribution is 2.41. The Labute approximate surface area is 193 Å². The zero-order valence-corrected chi connectivity index (χ0v) is 19.3. The monoisotopic (exact) mass is 466 g/mol. The smallest absolute Gasteiger partial charge is 0.265 e. The molecule has 0 spiro atoms. The fourth-order valence-corrected chi connectivity index (χ4v) is 6.24. The second-order valence-corrected chi connectivity index (χ2v) is 10.1. The first-order valence-electron chi connectivity index (χ1n) is 11.2. The van der Waals surface area contributed by atoms with Gasteiger partial charge in [-0.2, -0.15) is 0 Å². The van der Waals surface area contributed by atoms with E-state index in [1.54, 1.807) is 23.1 Å². The number of ether oxygens (including phenoxy) is 2. The van der Waals surface area contributed by atoms with Gasteiger partial charge in [0.15, 0.2) is 11.5 Å². The van der Waals surface area contributed by atoms with E-state index in [9.17, 15) is 13.2 Å². The molecule has 0 N–H and O–H groups in total. The van der Waals surface area contributed by atoms with Gasteiger partial charge in [0.25, 0.3) is 10.0 Å². The fraction of sp³-hybridized carbons (Fsp3) is 0.320. The molecule has 7 nitrogen and oxygen atoms in total. The van der Waals surface area contributed by atoms with Gasteiger partial charge in [-0.3, -0.25) is 9.10 Å². The summed E-state index contributed by atoms with van der Waals surface area (Å²) in [6.07, 6.45) is 1.33. The van der Waals surface area contributed by atoms with Crippen LogP contribution in [0.3, 0.4) is 0 Å². The highest BCUT2D eigenvalue weighted by atomic mass is 32.2. The molecule has 0 aliphatic carbocycles. The molecule has 0 aromatic heterocycles. The number of hydrogen-bond donors (Lipinski definition) is 0. The standard InChI is InChI=1S/C25H26N2O5S/c1-2-31-21-10-3-4-11-22(21)32-19-13-15-26(16-14-19)24(28)17-27-20-9-5-7-18-8-6-12-23(25(18)20)33(27,29)30/h3-12,19H,2,13-17H2,1H3. The Morgan fingerprint density at radius 2 is 1.67 bits per heavy atom. The van der Waals surface area contributed by atoms with E-state index in [2.05, 4.69) is 0 Å². The van der Waals surface area contributed by atoms with Crippen molar-refractivity contribution in [2.75, 3.05) is 30.5 Å². The van der Waals surface area contributed by atoms with Crippen LogP contribution in [0.15, 0.2) is 65.6 Å². The molecule has 2 heterocycles. The SMILES string of the molecule is CCOc1ccccc1OC1CCN(C(=O)CN2c3cccc4cccc(c34)S2(=O)=O)CC1. The van der Waals surface area contributed by atoms with E-state index in [-0.39, 0.29) is 23.5 Å². The number of rotatable bonds is 6. The van der Waals surface area contributed by atoms with E-state index in [1.807, 2.05) is 49.4 Å². The number of piperidine rings is 1. The number of amides is 1. The maximum atomic E-state index is 13.1. The summed E-state index contributed by atoms with van der Waals surface area (Å²) in [4.78, 5) is 15.1. The maximum absolute atomic E-state index is 13.1. The molecule has 33 heavy (non-hydrogen) atoms. The second kappa shape index (κ2) is 8.59. The minimum Gasteiger partial charge on any atom is -0.490 e. The topological polar surface area (TPSA) is 76.2 Å². The minimum absolute atomic E-state index is 0.0239. The molecule has 0 radical (unpaired) electrons. The van der Waals surface area contributed by atoms with Crippen LogP contribution in [0.4, 0.5) is 5.69 Å². The van der Waals surface area contributed by atoms with E-state index in [1.165, 1.54) is 4.31 Å². The lowest BCUT2D eigenvalue weighted by Gasteiger charge is -2.33. The molecule has 2 aliphatic heterocycles. The normalized spacial score (nSPS) is 17.4. The third-order valence-electron chi connectivity index (χ3n) is 6.20. The number of anilines is 1. The van der Waals surface area contributed by atoms with Crippen LogP contribution in [0.2, 0.25) is 0 Å². The van der Waals surface area contributed by atoms with Crippen molar-refractivity contribution in [2.45, 2.75) is 30.8 Å². The van der Waals surface area contributed by atoms with Crippen molar-refractivity contribution in [3.8, 4) is 11.5 Å². The van der Waals surface area contributed by atoms with Gasteiger partial charge in [0.05, 0.1) is 17.2 Å². The molecule has 1 amide bonds. The summed E-state index contributed by atoms with van der Waals surface area (Å²) < 4.78 is 39.3. The quantitative estimate of drug-likeness (QED) is 0.552. The van der Waals surface area contributed by atoms with E-state index < -0.39 is 10.0 Å². The minimum atomic E-state index is -3.75. The Morgan fingerprint density at radius 3 is 2.39 bits per heavy atom. The first kappa shape index (κ1) is 21.6. The van der Waals surface area contributed by atoms with Crippen molar-refractivity contribution >= 4 is 32.4 Å². The van der Waals surface area contributed by atoms with Crippen LogP contribution in [0.25, 0.3) is 10.8 Å². The zero-order valence-electron chi connectivity index (χ0n) is 18.4. The number of hydrogen-bond acceptors (Lipinski definition) is 5. The lowest BCUT2D eigenvalue weighted by Crippen LogP contribution is -2.46. The Kier molecular flexibility index (Phi) is 5.62. The van der Waals surface area contributed by atoms with Gasteiger partial charge in [-0.1, -0.05) is 36.4 Å². The van der Waals surface area contributed by atoms with Crippen molar-refractivity contribution in [3.05, 3.63) is 60.7 Å². The van der Waals surface area contributed by atoms with Crippen LogP contribution >= 0.6 is 0 Å². The summed E-state index contributed by atoms with van der Waals surface area (Å²) in [5.41, 5.74) is 0.571. The molecule has 8 heteroatoms. The predicted molar refractivity (Wildman–Crippen MR) is 126 cm³/mol. The first-order chi connectivity index (χ1) is 16.0. The fourth-order valence-electron chi connectivity index (χ4n) is 4.58. The third kappa shape index (κ3) is 3.88. The van der Waals surface area contributed by atoms with Crippen LogP contribution in [-0.2, 0) is 14.8 Å². The first-order valence-corrected chi connectivity index (χ1v) is 12.6. The number of nitrogens with zero attached hydrogens (tertiary/aromatic N) is 2. The molecule has 0 atom stereocenters. The number of sulfonamides is 1. The van der Waals surface area contributed by atoms with Crippen LogP contribution in [0, 0.1) is 0 Å². The van der Waals surface area contributed by atoms with Gasteiger partial charge >= 0.3 is 0 Å². The average Bonchev–Trinajstić information content (AvgIpc) is 3.04. The number of benzene rings is 3. The Morgan fingerprint density at radius 1 is 0.970 bits per heavy atom. The van der Waals surface area contributed by atoms with E-state index in [4.69, 9.17) is 9.47 Å². The maximum Gasteiger partial charge on any atom is 0.265 e.